The fourth-order valence-electron chi connectivity index (χ4n) is 1.88. The lowest BCUT2D eigenvalue weighted by Crippen LogP contribution is -2.56. The Balaban J connectivity index is 2.11. The second kappa shape index (κ2) is 4.01. The Kier molecular flexibility index (Phi) is 2.91. The molecule has 3 heteroatoms. The first-order chi connectivity index (χ1) is 6.68. The fourth-order valence-corrected chi connectivity index (χ4v) is 2.49. The third-order valence-corrected chi connectivity index (χ3v) is 3.56. The highest BCUT2D eigenvalue weighted by Gasteiger charge is 2.28. The fraction of sp³-hybridized carbons (Fsp3) is 0.455. The van der Waals surface area contributed by atoms with Crippen molar-refractivity contribution >= 4 is 15.9 Å². The van der Waals surface area contributed by atoms with Gasteiger partial charge in [-0.3, -0.25) is 4.90 Å². The molecular weight excluding hydrogens is 240 g/mol. The van der Waals surface area contributed by atoms with Gasteiger partial charge in [-0.1, -0.05) is 34.1 Å². The Labute approximate surface area is 93.2 Å². The van der Waals surface area contributed by atoms with E-state index >= 15 is 0 Å². The lowest BCUT2D eigenvalue weighted by atomic mass is 10.0. The molecule has 1 heterocycles. The van der Waals surface area contributed by atoms with Crippen LogP contribution in [0.4, 0.5) is 0 Å². The summed E-state index contributed by atoms with van der Waals surface area (Å²) in [6, 6.07) is 9.22. The van der Waals surface area contributed by atoms with Crippen LogP contribution in [0.25, 0.3) is 0 Å². The Morgan fingerprint density at radius 3 is 2.64 bits per heavy atom. The Hall–Kier alpha value is -0.380. The van der Waals surface area contributed by atoms with Crippen LogP contribution >= 0.6 is 15.9 Å². The minimum Gasteiger partial charge on any atom is -0.325 e. The lowest BCUT2D eigenvalue weighted by Gasteiger charge is -2.41. The summed E-state index contributed by atoms with van der Waals surface area (Å²) in [5.74, 6) is 0. The van der Waals surface area contributed by atoms with Crippen molar-refractivity contribution in [2.75, 3.05) is 13.1 Å². The first-order valence-electron chi connectivity index (χ1n) is 4.92. The third-order valence-electron chi connectivity index (χ3n) is 2.84. The van der Waals surface area contributed by atoms with E-state index in [-0.39, 0.29) is 0 Å². The van der Waals surface area contributed by atoms with Crippen LogP contribution in [0.1, 0.15) is 18.5 Å². The zero-order valence-electron chi connectivity index (χ0n) is 8.28. The van der Waals surface area contributed by atoms with Crippen molar-refractivity contribution in [2.45, 2.75) is 19.0 Å². The van der Waals surface area contributed by atoms with Gasteiger partial charge >= 0.3 is 0 Å². The molecule has 76 valence electrons. The van der Waals surface area contributed by atoms with Gasteiger partial charge in [-0.2, -0.15) is 0 Å². The minimum absolute atomic E-state index is 0.375. The number of halogens is 1. The van der Waals surface area contributed by atoms with Crippen LogP contribution < -0.4 is 5.73 Å². The molecule has 0 bridgehead atoms. The van der Waals surface area contributed by atoms with Gasteiger partial charge in [0.1, 0.15) is 0 Å². The van der Waals surface area contributed by atoms with E-state index in [1.165, 1.54) is 10.0 Å². The molecule has 0 aliphatic carbocycles. The summed E-state index contributed by atoms with van der Waals surface area (Å²) in [5, 5.41) is 0. The van der Waals surface area contributed by atoms with Gasteiger partial charge < -0.3 is 5.73 Å². The monoisotopic (exact) mass is 254 g/mol. The first kappa shape index (κ1) is 10.1. The maximum atomic E-state index is 5.77. The van der Waals surface area contributed by atoms with E-state index in [0.717, 1.165) is 13.1 Å². The van der Waals surface area contributed by atoms with Gasteiger partial charge in [-0.05, 0) is 18.6 Å². The molecule has 2 nitrogen and oxygen atoms in total. The van der Waals surface area contributed by atoms with Crippen LogP contribution in [-0.2, 0) is 0 Å². The summed E-state index contributed by atoms with van der Waals surface area (Å²) in [6.07, 6.45) is 0. The summed E-state index contributed by atoms with van der Waals surface area (Å²) in [7, 11) is 0. The van der Waals surface area contributed by atoms with Gasteiger partial charge in [0.05, 0.1) is 0 Å². The molecule has 0 aromatic heterocycles. The van der Waals surface area contributed by atoms with Gasteiger partial charge in [0.2, 0.25) is 0 Å². The molecular formula is C11H15BrN2. The highest BCUT2D eigenvalue weighted by atomic mass is 79.9. The normalized spacial score (nSPS) is 20.5. The smallest absolute Gasteiger partial charge is 0.0332 e. The molecule has 1 aliphatic rings. The Morgan fingerprint density at radius 2 is 2.07 bits per heavy atom. The van der Waals surface area contributed by atoms with Crippen LogP contribution in [0.2, 0.25) is 0 Å². The third kappa shape index (κ3) is 1.85. The standard InChI is InChI=1S/C11H15BrN2/c1-8(14-6-9(13)7-14)10-4-2-3-5-11(10)12/h2-5,8-9H,6-7,13H2,1H3. The molecule has 1 unspecified atom stereocenters. The number of hydrogen-bond acceptors (Lipinski definition) is 2. The van der Waals surface area contributed by atoms with Crippen LogP contribution in [0.15, 0.2) is 28.7 Å². The van der Waals surface area contributed by atoms with E-state index in [9.17, 15) is 0 Å². The van der Waals surface area contributed by atoms with Crippen molar-refractivity contribution in [3.63, 3.8) is 0 Å². The second-order valence-corrected chi connectivity index (χ2v) is 4.77. The van der Waals surface area contributed by atoms with Gasteiger partial charge in [-0.25, -0.2) is 0 Å². The number of hydrogen-bond donors (Lipinski definition) is 1. The van der Waals surface area contributed by atoms with E-state index in [2.05, 4.69) is 46.0 Å². The van der Waals surface area contributed by atoms with Gasteiger partial charge in [-0.15, -0.1) is 0 Å². The van der Waals surface area contributed by atoms with Crippen molar-refractivity contribution in [1.29, 1.82) is 0 Å². The first-order valence-corrected chi connectivity index (χ1v) is 5.72. The lowest BCUT2D eigenvalue weighted by molar-refractivity contribution is 0.103. The summed E-state index contributed by atoms with van der Waals surface area (Å²) in [6.45, 7) is 4.26. The van der Waals surface area contributed by atoms with E-state index < -0.39 is 0 Å². The Bertz CT molecular complexity index is 321. The van der Waals surface area contributed by atoms with E-state index in [0.29, 0.717) is 12.1 Å². The number of benzene rings is 1. The summed E-state index contributed by atoms with van der Waals surface area (Å²) < 4.78 is 1.19. The molecule has 2 rings (SSSR count). The average Bonchev–Trinajstić information content (AvgIpc) is 2.13. The van der Waals surface area contributed by atoms with Crippen molar-refractivity contribution in [3.8, 4) is 0 Å². The summed E-state index contributed by atoms with van der Waals surface area (Å²) in [5.41, 5.74) is 7.12. The number of rotatable bonds is 2. The molecule has 1 atom stereocenters. The molecule has 1 saturated heterocycles. The number of nitrogens with zero attached hydrogens (tertiary/aromatic N) is 1. The zero-order valence-corrected chi connectivity index (χ0v) is 9.87. The predicted molar refractivity (Wildman–Crippen MR) is 62.1 cm³/mol. The largest absolute Gasteiger partial charge is 0.325 e. The molecule has 1 fully saturated rings. The van der Waals surface area contributed by atoms with E-state index in [4.69, 9.17) is 5.73 Å². The van der Waals surface area contributed by atoms with Crippen LogP contribution in [0.5, 0.6) is 0 Å². The van der Waals surface area contributed by atoms with Gasteiger partial charge in [0, 0.05) is 29.6 Å². The second-order valence-electron chi connectivity index (χ2n) is 3.91. The molecule has 2 N–H and O–H groups in total. The molecule has 0 spiro atoms. The van der Waals surface area contributed by atoms with Crippen molar-refractivity contribution in [1.82, 2.24) is 4.90 Å². The minimum atomic E-state index is 0.375. The van der Waals surface area contributed by atoms with Crippen molar-refractivity contribution in [2.24, 2.45) is 5.73 Å². The van der Waals surface area contributed by atoms with Crippen molar-refractivity contribution in [3.05, 3.63) is 34.3 Å². The molecule has 1 aliphatic heterocycles. The molecule has 14 heavy (non-hydrogen) atoms. The quantitative estimate of drug-likeness (QED) is 0.877. The molecule has 1 aromatic carbocycles. The average molecular weight is 255 g/mol. The van der Waals surface area contributed by atoms with Crippen LogP contribution in [-0.4, -0.2) is 24.0 Å². The van der Waals surface area contributed by atoms with Gasteiger partial charge in [0.25, 0.3) is 0 Å². The zero-order chi connectivity index (χ0) is 10.1. The van der Waals surface area contributed by atoms with Crippen LogP contribution in [0.3, 0.4) is 0 Å². The SMILES string of the molecule is CC(c1ccccc1Br)N1CC(N)C1. The molecule has 1 aromatic rings. The van der Waals surface area contributed by atoms with Crippen LogP contribution in [0, 0.1) is 0 Å². The maximum Gasteiger partial charge on any atom is 0.0332 e. The molecule has 0 radical (unpaired) electrons. The topological polar surface area (TPSA) is 29.3 Å². The highest BCUT2D eigenvalue weighted by Crippen LogP contribution is 2.29. The predicted octanol–water partition coefficient (Wildman–Crippen LogP) is 2.15. The van der Waals surface area contributed by atoms with Crippen molar-refractivity contribution < 1.29 is 0 Å². The molecule has 0 amide bonds. The molecule has 0 saturated carbocycles. The van der Waals surface area contributed by atoms with Gasteiger partial charge in [0.15, 0.2) is 0 Å². The Morgan fingerprint density at radius 1 is 1.43 bits per heavy atom. The van der Waals surface area contributed by atoms with E-state index in [1.54, 1.807) is 0 Å². The highest BCUT2D eigenvalue weighted by molar-refractivity contribution is 9.10. The number of likely N-dealkylation sites (tertiary alicyclic amines) is 1. The maximum absolute atomic E-state index is 5.77. The van der Waals surface area contributed by atoms with E-state index in [1.807, 2.05) is 6.07 Å². The summed E-state index contributed by atoms with van der Waals surface area (Å²) >= 11 is 3.58. The summed E-state index contributed by atoms with van der Waals surface area (Å²) in [4.78, 5) is 2.39. The number of nitrogens with two attached hydrogens (primary N) is 1.